The first kappa shape index (κ1) is 16.5. The summed E-state index contributed by atoms with van der Waals surface area (Å²) in [5.74, 6) is 0.283. The summed E-state index contributed by atoms with van der Waals surface area (Å²) >= 11 is 0. The van der Waals surface area contributed by atoms with Crippen molar-refractivity contribution in [1.82, 2.24) is 4.90 Å². The smallest absolute Gasteiger partial charge is 0.280 e. The average molecular weight is 304 g/mol. The van der Waals surface area contributed by atoms with E-state index in [4.69, 9.17) is 0 Å². The molecule has 5 heteroatoms. The molecular weight excluding hydrogens is 278 g/mol. The number of carbonyl (C=O) groups is 2. The summed E-state index contributed by atoms with van der Waals surface area (Å²) in [6.07, 6.45) is 0. The van der Waals surface area contributed by atoms with E-state index in [0.29, 0.717) is 0 Å². The molecule has 1 aliphatic heterocycles. The summed E-state index contributed by atoms with van der Waals surface area (Å²) in [6.45, 7) is 7.36. The van der Waals surface area contributed by atoms with Gasteiger partial charge in [0.15, 0.2) is 11.8 Å². The summed E-state index contributed by atoms with van der Waals surface area (Å²) in [6, 6.07) is 7.80. The van der Waals surface area contributed by atoms with E-state index in [1.54, 1.807) is 11.8 Å². The van der Waals surface area contributed by atoms with Crippen LogP contribution < -0.4 is 9.80 Å². The molecule has 0 spiro atoms. The quantitative estimate of drug-likeness (QED) is 0.801. The van der Waals surface area contributed by atoms with Gasteiger partial charge in [-0.15, -0.1) is 0 Å². The van der Waals surface area contributed by atoms with E-state index in [0.717, 1.165) is 37.4 Å². The number of benzene rings is 1. The van der Waals surface area contributed by atoms with Gasteiger partial charge in [0.2, 0.25) is 0 Å². The van der Waals surface area contributed by atoms with E-state index >= 15 is 0 Å². The second kappa shape index (κ2) is 6.92. The van der Waals surface area contributed by atoms with Gasteiger partial charge in [0.05, 0.1) is 26.2 Å². The van der Waals surface area contributed by atoms with Crippen LogP contribution in [0.1, 0.15) is 24.2 Å². The van der Waals surface area contributed by atoms with Crippen molar-refractivity contribution in [2.45, 2.75) is 19.9 Å². The predicted octanol–water partition coefficient (Wildman–Crippen LogP) is 0.0708. The number of piperazine rings is 1. The van der Waals surface area contributed by atoms with E-state index in [-0.39, 0.29) is 17.7 Å². The zero-order chi connectivity index (χ0) is 16.3. The van der Waals surface area contributed by atoms with Crippen molar-refractivity contribution in [3.63, 3.8) is 0 Å². The van der Waals surface area contributed by atoms with Crippen molar-refractivity contribution in [1.29, 1.82) is 0 Å². The SMILES string of the molecule is CC(=O)c1ccc(N2CC[NH+]([C@@H](C)C(=O)N(C)C)CC2)cc1. The third kappa shape index (κ3) is 3.65. The molecule has 2 rings (SSSR count). The summed E-state index contributed by atoms with van der Waals surface area (Å²) in [4.78, 5) is 28.7. The molecule has 1 fully saturated rings. The van der Waals surface area contributed by atoms with Gasteiger partial charge < -0.3 is 14.7 Å². The number of carbonyl (C=O) groups excluding carboxylic acids is 2. The third-order valence-electron chi connectivity index (χ3n) is 4.47. The standard InChI is InChI=1S/C17H25N3O2/c1-13(17(22)18(3)4)19-9-11-20(12-10-19)16-7-5-15(6-8-16)14(2)21/h5-8,13H,9-12H2,1-4H3/p+1/t13-/m0/s1. The number of likely N-dealkylation sites (N-methyl/N-ethyl adjacent to an activating group) is 1. The number of Topliss-reactive ketones (excluding diaryl/α,β-unsaturated/α-hetero) is 1. The average Bonchev–Trinajstić information content (AvgIpc) is 2.53. The van der Waals surface area contributed by atoms with Gasteiger partial charge in [-0.3, -0.25) is 9.59 Å². The molecule has 1 saturated heterocycles. The summed E-state index contributed by atoms with van der Waals surface area (Å²) in [5, 5.41) is 0. The predicted molar refractivity (Wildman–Crippen MR) is 87.5 cm³/mol. The number of rotatable bonds is 4. The second-order valence-electron chi connectivity index (χ2n) is 6.20. The number of nitrogens with zero attached hydrogens (tertiary/aromatic N) is 2. The van der Waals surface area contributed by atoms with Crippen LogP contribution in [0.5, 0.6) is 0 Å². The Morgan fingerprint density at radius 3 is 2.14 bits per heavy atom. The molecule has 1 aromatic rings. The van der Waals surface area contributed by atoms with E-state index in [9.17, 15) is 9.59 Å². The summed E-state index contributed by atoms with van der Waals surface area (Å²) in [5.41, 5.74) is 1.90. The topological polar surface area (TPSA) is 45.1 Å². The molecule has 0 aliphatic carbocycles. The van der Waals surface area contributed by atoms with Crippen LogP contribution in [-0.4, -0.2) is 62.9 Å². The molecule has 22 heavy (non-hydrogen) atoms. The zero-order valence-electron chi connectivity index (χ0n) is 13.9. The van der Waals surface area contributed by atoms with Gasteiger partial charge in [0.1, 0.15) is 0 Å². The van der Waals surface area contributed by atoms with Gasteiger partial charge in [0.25, 0.3) is 5.91 Å². The number of hydrogen-bond acceptors (Lipinski definition) is 3. The number of hydrogen-bond donors (Lipinski definition) is 1. The molecule has 0 radical (unpaired) electrons. The minimum Gasteiger partial charge on any atom is -0.360 e. The number of amides is 1. The Morgan fingerprint density at radius 2 is 1.68 bits per heavy atom. The molecule has 1 heterocycles. The lowest BCUT2D eigenvalue weighted by Gasteiger charge is -2.36. The molecule has 0 aromatic heterocycles. The first-order valence-corrected chi connectivity index (χ1v) is 7.82. The highest BCUT2D eigenvalue weighted by Crippen LogP contribution is 2.15. The Morgan fingerprint density at radius 1 is 1.14 bits per heavy atom. The van der Waals surface area contributed by atoms with Gasteiger partial charge in [-0.2, -0.15) is 0 Å². The molecule has 1 atom stereocenters. The molecule has 1 aromatic carbocycles. The Hall–Kier alpha value is -1.88. The van der Waals surface area contributed by atoms with Crippen molar-refractivity contribution in [3.8, 4) is 0 Å². The van der Waals surface area contributed by atoms with E-state index in [1.165, 1.54) is 4.90 Å². The Labute approximate surface area is 132 Å². The summed E-state index contributed by atoms with van der Waals surface area (Å²) in [7, 11) is 3.62. The molecule has 0 unspecified atom stereocenters. The van der Waals surface area contributed by atoms with E-state index < -0.39 is 0 Å². The van der Waals surface area contributed by atoms with Crippen LogP contribution in [0.25, 0.3) is 0 Å². The van der Waals surface area contributed by atoms with Crippen LogP contribution in [-0.2, 0) is 4.79 Å². The maximum Gasteiger partial charge on any atom is 0.280 e. The third-order valence-corrected chi connectivity index (χ3v) is 4.47. The molecule has 1 aliphatic rings. The van der Waals surface area contributed by atoms with Crippen molar-refractivity contribution in [3.05, 3.63) is 29.8 Å². The molecule has 1 amide bonds. The maximum atomic E-state index is 12.1. The van der Waals surface area contributed by atoms with Gasteiger partial charge in [-0.1, -0.05) is 0 Å². The van der Waals surface area contributed by atoms with Crippen LogP contribution in [0, 0.1) is 0 Å². The highest BCUT2D eigenvalue weighted by Gasteiger charge is 2.30. The van der Waals surface area contributed by atoms with E-state index in [2.05, 4.69) is 4.90 Å². The van der Waals surface area contributed by atoms with Crippen LogP contribution in [0.2, 0.25) is 0 Å². The fourth-order valence-electron chi connectivity index (χ4n) is 2.95. The first-order chi connectivity index (χ1) is 10.4. The lowest BCUT2D eigenvalue weighted by molar-refractivity contribution is -0.915. The molecule has 1 N–H and O–H groups in total. The van der Waals surface area contributed by atoms with Crippen LogP contribution in [0.3, 0.4) is 0 Å². The lowest BCUT2D eigenvalue weighted by atomic mass is 10.1. The highest BCUT2D eigenvalue weighted by atomic mass is 16.2. The van der Waals surface area contributed by atoms with Gasteiger partial charge in [-0.05, 0) is 38.1 Å². The van der Waals surface area contributed by atoms with Gasteiger partial charge in [0, 0.05) is 25.3 Å². The number of quaternary nitrogens is 1. The lowest BCUT2D eigenvalue weighted by Crippen LogP contribution is -3.19. The largest absolute Gasteiger partial charge is 0.360 e. The Kier molecular flexibility index (Phi) is 5.19. The van der Waals surface area contributed by atoms with Gasteiger partial charge >= 0.3 is 0 Å². The number of nitrogens with one attached hydrogen (secondary N) is 1. The minimum absolute atomic E-state index is 0.0113. The van der Waals surface area contributed by atoms with Crippen LogP contribution >= 0.6 is 0 Å². The molecule has 120 valence electrons. The molecule has 5 nitrogen and oxygen atoms in total. The molecule has 0 saturated carbocycles. The molecule has 0 bridgehead atoms. The van der Waals surface area contributed by atoms with Crippen LogP contribution in [0.15, 0.2) is 24.3 Å². The zero-order valence-corrected chi connectivity index (χ0v) is 13.9. The van der Waals surface area contributed by atoms with Crippen molar-refractivity contribution >= 4 is 17.4 Å². The maximum absolute atomic E-state index is 12.1. The monoisotopic (exact) mass is 304 g/mol. The fraction of sp³-hybridized carbons (Fsp3) is 0.529. The number of ketones is 1. The number of anilines is 1. The minimum atomic E-state index is 0.0113. The Bertz CT molecular complexity index is 531. The molecular formula is C17H26N3O2+. The van der Waals surface area contributed by atoms with Crippen molar-refractivity contribution < 1.29 is 14.5 Å². The van der Waals surface area contributed by atoms with Crippen molar-refractivity contribution in [2.75, 3.05) is 45.2 Å². The van der Waals surface area contributed by atoms with E-state index in [1.807, 2.05) is 45.3 Å². The summed E-state index contributed by atoms with van der Waals surface area (Å²) < 4.78 is 0. The first-order valence-electron chi connectivity index (χ1n) is 7.82. The van der Waals surface area contributed by atoms with Crippen LogP contribution in [0.4, 0.5) is 5.69 Å². The fourth-order valence-corrected chi connectivity index (χ4v) is 2.95. The van der Waals surface area contributed by atoms with Crippen molar-refractivity contribution in [2.24, 2.45) is 0 Å². The van der Waals surface area contributed by atoms with Gasteiger partial charge in [-0.25, -0.2) is 0 Å². The second-order valence-corrected chi connectivity index (χ2v) is 6.20. The Balaban J connectivity index is 1.94. The highest BCUT2D eigenvalue weighted by molar-refractivity contribution is 5.94. The normalized spacial score (nSPS) is 17.2.